The topological polar surface area (TPSA) is 78.4 Å². The Morgan fingerprint density at radius 1 is 1.47 bits per heavy atom. The van der Waals surface area contributed by atoms with Gasteiger partial charge >= 0.3 is 0 Å². The first kappa shape index (κ1) is 11.3. The summed E-state index contributed by atoms with van der Waals surface area (Å²) in [6.07, 6.45) is 0. The van der Waals surface area contributed by atoms with Gasteiger partial charge in [-0.25, -0.2) is 0 Å². The van der Waals surface area contributed by atoms with Crippen molar-refractivity contribution in [1.82, 2.24) is 0 Å². The van der Waals surface area contributed by atoms with E-state index in [1.807, 2.05) is 13.8 Å². The van der Waals surface area contributed by atoms with Crippen molar-refractivity contribution in [1.29, 1.82) is 0 Å². The van der Waals surface area contributed by atoms with Gasteiger partial charge in [-0.2, -0.15) is 0 Å². The zero-order valence-corrected chi connectivity index (χ0v) is 8.77. The van der Waals surface area contributed by atoms with Crippen LogP contribution in [0.3, 0.4) is 0 Å². The largest absolute Gasteiger partial charge is 0.493 e. The summed E-state index contributed by atoms with van der Waals surface area (Å²) in [4.78, 5) is 10.1. The van der Waals surface area contributed by atoms with Crippen molar-refractivity contribution in [3.8, 4) is 5.75 Å². The Labute approximate surface area is 88.0 Å². The van der Waals surface area contributed by atoms with Crippen molar-refractivity contribution in [2.75, 3.05) is 12.3 Å². The number of nitro groups is 1. The monoisotopic (exact) mass is 210 g/mol. The summed E-state index contributed by atoms with van der Waals surface area (Å²) in [6, 6.07) is 4.26. The molecule has 0 aliphatic rings. The number of nitrogens with zero attached hydrogens (tertiary/aromatic N) is 1. The molecule has 15 heavy (non-hydrogen) atoms. The lowest BCUT2D eigenvalue weighted by atomic mass is 10.2. The van der Waals surface area contributed by atoms with Gasteiger partial charge < -0.3 is 10.5 Å². The molecule has 2 N–H and O–H groups in total. The fraction of sp³-hybridized carbons (Fsp3) is 0.400. The maximum Gasteiger partial charge on any atom is 0.275 e. The molecule has 0 radical (unpaired) electrons. The number of benzene rings is 1. The predicted molar refractivity (Wildman–Crippen MR) is 57.8 cm³/mol. The van der Waals surface area contributed by atoms with Crippen LogP contribution in [0.15, 0.2) is 18.2 Å². The Balaban J connectivity index is 2.84. The molecule has 0 saturated carbocycles. The number of nitro benzene ring substituents is 1. The third-order valence-corrected chi connectivity index (χ3v) is 1.71. The standard InChI is InChI=1S/C10H14N2O3/c1-7(2)6-15-10-4-8(11)3-9(5-10)12(13)14/h3-5,7H,6,11H2,1-2H3. The lowest BCUT2D eigenvalue weighted by molar-refractivity contribution is -0.384. The Bertz CT molecular complexity index is 364. The molecule has 0 aliphatic carbocycles. The van der Waals surface area contributed by atoms with Crippen molar-refractivity contribution in [2.45, 2.75) is 13.8 Å². The maximum absolute atomic E-state index is 10.5. The third kappa shape index (κ3) is 3.46. The molecular formula is C10H14N2O3. The van der Waals surface area contributed by atoms with Crippen molar-refractivity contribution in [2.24, 2.45) is 5.92 Å². The van der Waals surface area contributed by atoms with E-state index in [-0.39, 0.29) is 5.69 Å². The van der Waals surface area contributed by atoms with Crippen molar-refractivity contribution < 1.29 is 9.66 Å². The van der Waals surface area contributed by atoms with Crippen LogP contribution in [0.1, 0.15) is 13.8 Å². The fourth-order valence-corrected chi connectivity index (χ4v) is 1.06. The van der Waals surface area contributed by atoms with Crippen LogP contribution in [0.2, 0.25) is 0 Å². The summed E-state index contributed by atoms with van der Waals surface area (Å²) in [5.74, 6) is 0.806. The van der Waals surface area contributed by atoms with Crippen LogP contribution in [0, 0.1) is 16.0 Å². The minimum absolute atomic E-state index is 0.0474. The quantitative estimate of drug-likeness (QED) is 0.469. The highest BCUT2D eigenvalue weighted by atomic mass is 16.6. The second kappa shape index (κ2) is 4.63. The Morgan fingerprint density at radius 3 is 2.67 bits per heavy atom. The zero-order valence-electron chi connectivity index (χ0n) is 8.77. The van der Waals surface area contributed by atoms with E-state index < -0.39 is 4.92 Å². The molecule has 5 nitrogen and oxygen atoms in total. The lowest BCUT2D eigenvalue weighted by Crippen LogP contribution is -2.05. The SMILES string of the molecule is CC(C)COc1cc(N)cc([N+](=O)[O-])c1. The summed E-state index contributed by atoms with van der Waals surface area (Å²) in [5.41, 5.74) is 5.81. The van der Waals surface area contributed by atoms with Gasteiger partial charge in [-0.1, -0.05) is 13.8 Å². The summed E-state index contributed by atoms with van der Waals surface area (Å²) in [6.45, 7) is 4.52. The van der Waals surface area contributed by atoms with E-state index in [9.17, 15) is 10.1 Å². The van der Waals surface area contributed by atoms with Crippen LogP contribution in [0.25, 0.3) is 0 Å². The molecular weight excluding hydrogens is 196 g/mol. The normalized spacial score (nSPS) is 10.3. The van der Waals surface area contributed by atoms with Crippen LogP contribution in [0.4, 0.5) is 11.4 Å². The molecule has 0 saturated heterocycles. The van der Waals surface area contributed by atoms with Gasteiger partial charge in [0.2, 0.25) is 0 Å². The lowest BCUT2D eigenvalue weighted by Gasteiger charge is -2.08. The van der Waals surface area contributed by atoms with Crippen LogP contribution >= 0.6 is 0 Å². The Hall–Kier alpha value is -1.78. The number of hydrogen-bond acceptors (Lipinski definition) is 4. The number of nitrogens with two attached hydrogens (primary N) is 1. The van der Waals surface area contributed by atoms with Gasteiger partial charge in [-0.3, -0.25) is 10.1 Å². The molecule has 0 bridgehead atoms. The molecule has 0 atom stereocenters. The predicted octanol–water partition coefficient (Wildman–Crippen LogP) is 2.21. The second-order valence-electron chi connectivity index (χ2n) is 3.72. The van der Waals surface area contributed by atoms with Crippen LogP contribution in [-0.2, 0) is 0 Å². The van der Waals surface area contributed by atoms with E-state index in [0.29, 0.717) is 24.0 Å². The molecule has 1 aromatic carbocycles. The highest BCUT2D eigenvalue weighted by Gasteiger charge is 2.09. The van der Waals surface area contributed by atoms with E-state index in [4.69, 9.17) is 10.5 Å². The van der Waals surface area contributed by atoms with E-state index in [1.165, 1.54) is 12.1 Å². The summed E-state index contributed by atoms with van der Waals surface area (Å²) < 4.78 is 5.35. The first-order chi connectivity index (χ1) is 6.99. The average molecular weight is 210 g/mol. The Kier molecular flexibility index (Phi) is 3.49. The van der Waals surface area contributed by atoms with Gasteiger partial charge in [0.25, 0.3) is 5.69 Å². The molecule has 0 heterocycles. The van der Waals surface area contributed by atoms with Gasteiger partial charge in [0, 0.05) is 17.8 Å². The molecule has 0 unspecified atom stereocenters. The summed E-state index contributed by atoms with van der Waals surface area (Å²) in [5, 5.41) is 10.5. The molecule has 0 spiro atoms. The molecule has 0 aromatic heterocycles. The van der Waals surface area contributed by atoms with Gasteiger partial charge in [-0.05, 0) is 5.92 Å². The minimum atomic E-state index is -0.488. The molecule has 0 fully saturated rings. The van der Waals surface area contributed by atoms with Crippen LogP contribution in [0.5, 0.6) is 5.75 Å². The molecule has 1 aromatic rings. The number of anilines is 1. The van der Waals surface area contributed by atoms with Gasteiger partial charge in [0.05, 0.1) is 17.6 Å². The smallest absolute Gasteiger partial charge is 0.275 e. The first-order valence-corrected chi connectivity index (χ1v) is 4.67. The van der Waals surface area contributed by atoms with E-state index in [2.05, 4.69) is 0 Å². The summed E-state index contributed by atoms with van der Waals surface area (Å²) >= 11 is 0. The zero-order chi connectivity index (χ0) is 11.4. The van der Waals surface area contributed by atoms with E-state index >= 15 is 0 Å². The van der Waals surface area contributed by atoms with Crippen molar-refractivity contribution in [3.63, 3.8) is 0 Å². The van der Waals surface area contributed by atoms with Crippen LogP contribution < -0.4 is 10.5 Å². The second-order valence-corrected chi connectivity index (χ2v) is 3.72. The number of rotatable bonds is 4. The summed E-state index contributed by atoms with van der Waals surface area (Å²) in [7, 11) is 0. The number of ether oxygens (including phenoxy) is 1. The molecule has 82 valence electrons. The molecule has 5 heteroatoms. The highest BCUT2D eigenvalue weighted by Crippen LogP contribution is 2.24. The average Bonchev–Trinajstić information content (AvgIpc) is 2.13. The van der Waals surface area contributed by atoms with Gasteiger partial charge in [0.1, 0.15) is 5.75 Å². The van der Waals surface area contributed by atoms with Crippen molar-refractivity contribution >= 4 is 11.4 Å². The van der Waals surface area contributed by atoms with Crippen LogP contribution in [-0.4, -0.2) is 11.5 Å². The number of hydrogen-bond donors (Lipinski definition) is 1. The molecule has 0 aliphatic heterocycles. The maximum atomic E-state index is 10.5. The fourth-order valence-electron chi connectivity index (χ4n) is 1.06. The molecule has 1 rings (SSSR count). The first-order valence-electron chi connectivity index (χ1n) is 4.67. The van der Waals surface area contributed by atoms with Gasteiger partial charge in [-0.15, -0.1) is 0 Å². The number of nitrogen functional groups attached to an aromatic ring is 1. The Morgan fingerprint density at radius 2 is 2.13 bits per heavy atom. The number of non-ortho nitro benzene ring substituents is 1. The van der Waals surface area contributed by atoms with E-state index in [0.717, 1.165) is 0 Å². The van der Waals surface area contributed by atoms with Crippen molar-refractivity contribution in [3.05, 3.63) is 28.3 Å². The van der Waals surface area contributed by atoms with Gasteiger partial charge in [0.15, 0.2) is 0 Å². The minimum Gasteiger partial charge on any atom is -0.493 e. The molecule has 0 amide bonds. The third-order valence-electron chi connectivity index (χ3n) is 1.71. The highest BCUT2D eigenvalue weighted by molar-refractivity contribution is 5.53. The van der Waals surface area contributed by atoms with E-state index in [1.54, 1.807) is 6.07 Å².